The van der Waals surface area contributed by atoms with E-state index >= 15 is 0 Å². The van der Waals surface area contributed by atoms with Crippen LogP contribution in [-0.4, -0.2) is 10.2 Å². The summed E-state index contributed by atoms with van der Waals surface area (Å²) >= 11 is 0. The highest BCUT2D eigenvalue weighted by molar-refractivity contribution is 5.35. The molecule has 0 saturated carbocycles. The van der Waals surface area contributed by atoms with Gasteiger partial charge in [-0.1, -0.05) is 0 Å². The van der Waals surface area contributed by atoms with Gasteiger partial charge in [0.25, 0.3) is 0 Å². The largest absolute Gasteiger partial charge is 0.507 e. The van der Waals surface area contributed by atoms with Crippen LogP contribution in [-0.2, 0) is 0 Å². The molecule has 1 atom stereocenters. The maximum absolute atomic E-state index is 12.8. The Morgan fingerprint density at radius 1 is 1.33 bits per heavy atom. The Morgan fingerprint density at radius 3 is 2.33 bits per heavy atom. The highest BCUT2D eigenvalue weighted by atomic mass is 19.1. The van der Waals surface area contributed by atoms with Crippen LogP contribution in [0.5, 0.6) is 5.75 Å². The van der Waals surface area contributed by atoms with Gasteiger partial charge in [-0.15, -0.1) is 0 Å². The highest BCUT2D eigenvalue weighted by Gasteiger charge is 2.14. The number of aliphatic hydroxyl groups excluding tert-OH is 1. The van der Waals surface area contributed by atoms with Crippen molar-refractivity contribution >= 4 is 0 Å². The van der Waals surface area contributed by atoms with Crippen molar-refractivity contribution in [2.45, 2.75) is 13.0 Å². The van der Waals surface area contributed by atoms with Gasteiger partial charge >= 0.3 is 0 Å². The quantitative estimate of drug-likeness (QED) is 0.680. The van der Waals surface area contributed by atoms with E-state index in [-0.39, 0.29) is 5.56 Å². The lowest BCUT2D eigenvalue weighted by Gasteiger charge is -2.08. The molecule has 0 spiro atoms. The molecule has 1 aromatic carbocycles. The van der Waals surface area contributed by atoms with Crippen LogP contribution in [0.4, 0.5) is 8.78 Å². The minimum Gasteiger partial charge on any atom is -0.507 e. The van der Waals surface area contributed by atoms with Gasteiger partial charge in [-0.2, -0.15) is 0 Å². The number of hydrogen-bond donors (Lipinski definition) is 2. The Morgan fingerprint density at radius 2 is 1.92 bits per heavy atom. The van der Waals surface area contributed by atoms with Gasteiger partial charge in [0.15, 0.2) is 0 Å². The Labute approximate surface area is 68.1 Å². The van der Waals surface area contributed by atoms with Crippen molar-refractivity contribution in [2.24, 2.45) is 0 Å². The van der Waals surface area contributed by atoms with E-state index in [1.807, 2.05) is 0 Å². The molecular weight excluding hydrogens is 166 g/mol. The van der Waals surface area contributed by atoms with Gasteiger partial charge in [-0.25, -0.2) is 8.78 Å². The van der Waals surface area contributed by atoms with Crippen molar-refractivity contribution in [2.75, 3.05) is 0 Å². The smallest absolute Gasteiger partial charge is 0.135 e. The predicted molar refractivity (Wildman–Crippen MR) is 38.7 cm³/mol. The minimum absolute atomic E-state index is 0.281. The van der Waals surface area contributed by atoms with Crippen LogP contribution in [0.2, 0.25) is 0 Å². The second-order valence-corrected chi connectivity index (χ2v) is 2.50. The Bertz CT molecular complexity index is 274. The minimum atomic E-state index is -1.15. The summed E-state index contributed by atoms with van der Waals surface area (Å²) in [4.78, 5) is 0. The number of phenolic OH excluding ortho intramolecular Hbond substituents is 1. The third-order valence-corrected chi connectivity index (χ3v) is 1.49. The van der Waals surface area contributed by atoms with E-state index in [1.165, 1.54) is 6.92 Å². The standard InChI is InChI=1S/C8H8F2O2/c1-4(11)8-6(10)2-5(9)3-7(8)12/h2-4,11-12H,1H3. The molecule has 0 aromatic heterocycles. The van der Waals surface area contributed by atoms with Gasteiger partial charge in [-0.3, -0.25) is 0 Å². The Kier molecular flexibility index (Phi) is 2.28. The van der Waals surface area contributed by atoms with Gasteiger partial charge in [-0.05, 0) is 6.92 Å². The summed E-state index contributed by atoms with van der Waals surface area (Å²) in [7, 11) is 0. The predicted octanol–water partition coefficient (Wildman–Crippen LogP) is 1.72. The zero-order valence-electron chi connectivity index (χ0n) is 6.38. The lowest BCUT2D eigenvalue weighted by atomic mass is 10.1. The van der Waals surface area contributed by atoms with Crippen LogP contribution >= 0.6 is 0 Å². The first-order valence-corrected chi connectivity index (χ1v) is 3.38. The monoisotopic (exact) mass is 174 g/mol. The van der Waals surface area contributed by atoms with E-state index in [2.05, 4.69) is 0 Å². The summed E-state index contributed by atoms with van der Waals surface area (Å²) in [5.74, 6) is -2.38. The normalized spacial score (nSPS) is 13.0. The van der Waals surface area contributed by atoms with Crippen LogP contribution in [0.15, 0.2) is 12.1 Å². The molecule has 0 aliphatic carbocycles. The van der Waals surface area contributed by atoms with E-state index in [9.17, 15) is 8.78 Å². The van der Waals surface area contributed by atoms with Crippen LogP contribution in [0.25, 0.3) is 0 Å². The number of aliphatic hydroxyl groups is 1. The molecule has 0 heterocycles. The number of aromatic hydroxyl groups is 1. The molecule has 66 valence electrons. The molecular formula is C8H8F2O2. The van der Waals surface area contributed by atoms with Gasteiger partial charge < -0.3 is 10.2 Å². The fraction of sp³-hybridized carbons (Fsp3) is 0.250. The van der Waals surface area contributed by atoms with E-state index in [0.717, 1.165) is 6.07 Å². The van der Waals surface area contributed by atoms with Crippen molar-refractivity contribution in [1.82, 2.24) is 0 Å². The zero-order valence-corrected chi connectivity index (χ0v) is 6.38. The third kappa shape index (κ3) is 1.53. The number of benzene rings is 1. The molecule has 4 heteroatoms. The maximum Gasteiger partial charge on any atom is 0.135 e. The van der Waals surface area contributed by atoms with Crippen molar-refractivity contribution in [3.05, 3.63) is 29.3 Å². The topological polar surface area (TPSA) is 40.5 Å². The molecule has 12 heavy (non-hydrogen) atoms. The molecule has 0 aliphatic rings. The van der Waals surface area contributed by atoms with Gasteiger partial charge in [0.1, 0.15) is 17.4 Å². The van der Waals surface area contributed by atoms with Crippen molar-refractivity contribution in [3.63, 3.8) is 0 Å². The summed E-state index contributed by atoms with van der Waals surface area (Å²) in [5.41, 5.74) is -0.281. The fourth-order valence-corrected chi connectivity index (χ4v) is 0.985. The van der Waals surface area contributed by atoms with E-state index in [1.54, 1.807) is 0 Å². The molecule has 1 unspecified atom stereocenters. The van der Waals surface area contributed by atoms with E-state index < -0.39 is 23.5 Å². The average Bonchev–Trinajstić information content (AvgIpc) is 1.82. The van der Waals surface area contributed by atoms with Crippen molar-refractivity contribution in [3.8, 4) is 5.75 Å². The highest BCUT2D eigenvalue weighted by Crippen LogP contribution is 2.27. The van der Waals surface area contributed by atoms with Crippen molar-refractivity contribution < 1.29 is 19.0 Å². The summed E-state index contributed by atoms with van der Waals surface area (Å²) in [6.07, 6.45) is -1.15. The summed E-state index contributed by atoms with van der Waals surface area (Å²) < 4.78 is 25.2. The lowest BCUT2D eigenvalue weighted by Crippen LogP contribution is -1.97. The summed E-state index contributed by atoms with van der Waals surface area (Å²) in [6, 6.07) is 1.37. The molecule has 0 amide bonds. The Hall–Kier alpha value is -1.16. The van der Waals surface area contributed by atoms with Crippen LogP contribution in [0.1, 0.15) is 18.6 Å². The lowest BCUT2D eigenvalue weighted by molar-refractivity contribution is 0.189. The molecule has 0 bridgehead atoms. The van der Waals surface area contributed by atoms with E-state index in [4.69, 9.17) is 10.2 Å². The van der Waals surface area contributed by atoms with Crippen LogP contribution < -0.4 is 0 Å². The van der Waals surface area contributed by atoms with Gasteiger partial charge in [0, 0.05) is 12.1 Å². The first-order chi connectivity index (χ1) is 5.52. The zero-order chi connectivity index (χ0) is 9.30. The van der Waals surface area contributed by atoms with Crippen LogP contribution in [0, 0.1) is 11.6 Å². The first-order valence-electron chi connectivity index (χ1n) is 3.38. The summed E-state index contributed by atoms with van der Waals surface area (Å²) in [6.45, 7) is 1.29. The molecule has 0 radical (unpaired) electrons. The number of halogens is 2. The molecule has 1 aromatic rings. The third-order valence-electron chi connectivity index (χ3n) is 1.49. The second kappa shape index (κ2) is 3.06. The van der Waals surface area contributed by atoms with Gasteiger partial charge in [0.2, 0.25) is 0 Å². The maximum atomic E-state index is 12.8. The van der Waals surface area contributed by atoms with Crippen LogP contribution in [0.3, 0.4) is 0 Å². The number of phenols is 1. The SMILES string of the molecule is CC(O)c1c(O)cc(F)cc1F. The fourth-order valence-electron chi connectivity index (χ4n) is 0.985. The molecule has 0 fully saturated rings. The second-order valence-electron chi connectivity index (χ2n) is 2.50. The molecule has 0 saturated heterocycles. The molecule has 2 N–H and O–H groups in total. The number of hydrogen-bond acceptors (Lipinski definition) is 2. The molecule has 0 aliphatic heterocycles. The van der Waals surface area contributed by atoms with Crippen molar-refractivity contribution in [1.29, 1.82) is 0 Å². The first kappa shape index (κ1) is 8.93. The molecule has 2 nitrogen and oxygen atoms in total. The number of rotatable bonds is 1. The van der Waals surface area contributed by atoms with E-state index in [0.29, 0.717) is 6.07 Å². The Balaban J connectivity index is 3.28. The van der Waals surface area contributed by atoms with Gasteiger partial charge in [0.05, 0.1) is 11.7 Å². The molecule has 1 rings (SSSR count). The average molecular weight is 174 g/mol. The summed E-state index contributed by atoms with van der Waals surface area (Å²) in [5, 5.41) is 18.0.